The van der Waals surface area contributed by atoms with Crippen LogP contribution in [0.15, 0.2) is 18.3 Å². The lowest BCUT2D eigenvalue weighted by molar-refractivity contribution is -0.207. The number of hydrogen-bond acceptors (Lipinski definition) is 5. The molecule has 0 aliphatic carbocycles. The standard InChI is InChI=1S/C14H20N2O4/c1-9-5-6-10(8-15-9)11-7-12(17)20-16(11)13(18)19-14(2,3)4/h5-6,8,11-12,17H,7H2,1-4H3/t11-,12?/m0/s1. The number of carbonyl (C=O) groups is 1. The van der Waals surface area contributed by atoms with E-state index in [0.29, 0.717) is 6.42 Å². The number of aromatic nitrogens is 1. The Labute approximate surface area is 118 Å². The van der Waals surface area contributed by atoms with Crippen LogP contribution in [0.5, 0.6) is 0 Å². The van der Waals surface area contributed by atoms with Gasteiger partial charge < -0.3 is 9.84 Å². The van der Waals surface area contributed by atoms with Gasteiger partial charge in [-0.1, -0.05) is 6.07 Å². The van der Waals surface area contributed by atoms with E-state index in [2.05, 4.69) is 4.98 Å². The zero-order chi connectivity index (χ0) is 14.9. The van der Waals surface area contributed by atoms with Gasteiger partial charge in [-0.15, -0.1) is 0 Å². The Morgan fingerprint density at radius 3 is 2.75 bits per heavy atom. The molecular weight excluding hydrogens is 260 g/mol. The van der Waals surface area contributed by atoms with Crippen molar-refractivity contribution in [3.05, 3.63) is 29.6 Å². The van der Waals surface area contributed by atoms with Crippen molar-refractivity contribution in [2.45, 2.75) is 52.0 Å². The minimum atomic E-state index is -1.02. The van der Waals surface area contributed by atoms with Crippen LogP contribution in [0.4, 0.5) is 4.79 Å². The Balaban J connectivity index is 2.18. The highest BCUT2D eigenvalue weighted by molar-refractivity contribution is 5.67. The van der Waals surface area contributed by atoms with E-state index in [4.69, 9.17) is 9.57 Å². The minimum Gasteiger partial charge on any atom is -0.442 e. The van der Waals surface area contributed by atoms with E-state index < -0.39 is 24.0 Å². The van der Waals surface area contributed by atoms with Crippen molar-refractivity contribution in [1.82, 2.24) is 10.0 Å². The molecule has 1 N–H and O–H groups in total. The maximum atomic E-state index is 12.1. The highest BCUT2D eigenvalue weighted by Crippen LogP contribution is 2.34. The summed E-state index contributed by atoms with van der Waals surface area (Å²) < 4.78 is 5.28. The highest BCUT2D eigenvalue weighted by atomic mass is 16.8. The van der Waals surface area contributed by atoms with Crippen molar-refractivity contribution in [1.29, 1.82) is 0 Å². The van der Waals surface area contributed by atoms with Crippen LogP contribution in [0.25, 0.3) is 0 Å². The van der Waals surface area contributed by atoms with Gasteiger partial charge >= 0.3 is 6.09 Å². The molecule has 6 nitrogen and oxygen atoms in total. The number of carbonyl (C=O) groups excluding carboxylic acids is 1. The summed E-state index contributed by atoms with van der Waals surface area (Å²) in [5.74, 6) is 0. The molecule has 0 spiro atoms. The van der Waals surface area contributed by atoms with Crippen molar-refractivity contribution in [3.8, 4) is 0 Å². The maximum Gasteiger partial charge on any atom is 0.435 e. The Hall–Kier alpha value is -1.66. The first-order chi connectivity index (χ1) is 9.26. The molecule has 1 aliphatic rings. The van der Waals surface area contributed by atoms with Crippen molar-refractivity contribution in [2.75, 3.05) is 0 Å². The molecular formula is C14H20N2O4. The van der Waals surface area contributed by atoms with Gasteiger partial charge in [0, 0.05) is 18.3 Å². The average molecular weight is 280 g/mol. The van der Waals surface area contributed by atoms with Gasteiger partial charge in [-0.25, -0.2) is 9.63 Å². The summed E-state index contributed by atoms with van der Waals surface area (Å²) in [5.41, 5.74) is 1.07. The molecule has 1 amide bonds. The van der Waals surface area contributed by atoms with Gasteiger partial charge in [0.25, 0.3) is 0 Å². The first-order valence-corrected chi connectivity index (χ1v) is 6.56. The monoisotopic (exact) mass is 280 g/mol. The van der Waals surface area contributed by atoms with Gasteiger partial charge in [-0.05, 0) is 39.3 Å². The molecule has 2 atom stereocenters. The first kappa shape index (κ1) is 14.7. The fraction of sp³-hybridized carbons (Fsp3) is 0.571. The van der Waals surface area contributed by atoms with E-state index in [9.17, 15) is 9.90 Å². The number of aryl methyl sites for hydroxylation is 1. The Kier molecular flexibility index (Phi) is 3.96. The van der Waals surface area contributed by atoms with Crippen LogP contribution in [0.1, 0.15) is 44.5 Å². The molecule has 0 saturated carbocycles. The number of nitrogens with zero attached hydrogens (tertiary/aromatic N) is 2. The third kappa shape index (κ3) is 3.46. The van der Waals surface area contributed by atoms with E-state index in [1.807, 2.05) is 19.1 Å². The predicted octanol–water partition coefficient (Wildman–Crippen LogP) is 2.32. The van der Waals surface area contributed by atoms with E-state index in [1.165, 1.54) is 0 Å². The summed E-state index contributed by atoms with van der Waals surface area (Å²) in [7, 11) is 0. The second kappa shape index (κ2) is 5.38. The molecule has 0 aromatic carbocycles. The van der Waals surface area contributed by atoms with Gasteiger partial charge in [-0.2, -0.15) is 5.06 Å². The molecule has 1 saturated heterocycles. The number of ether oxygens (including phenoxy) is 1. The number of aliphatic hydroxyl groups excluding tert-OH is 1. The number of amides is 1. The van der Waals surface area contributed by atoms with Crippen LogP contribution in [-0.4, -0.2) is 33.1 Å². The van der Waals surface area contributed by atoms with Crippen LogP contribution in [0.2, 0.25) is 0 Å². The molecule has 0 radical (unpaired) electrons. The van der Waals surface area contributed by atoms with E-state index >= 15 is 0 Å². The SMILES string of the molecule is Cc1ccc([C@@H]2CC(O)ON2C(=O)OC(C)(C)C)cn1. The summed E-state index contributed by atoms with van der Waals surface area (Å²) in [6.07, 6.45) is 0.344. The van der Waals surface area contributed by atoms with Crippen molar-refractivity contribution in [2.24, 2.45) is 0 Å². The second-order valence-electron chi connectivity index (χ2n) is 5.85. The summed E-state index contributed by atoms with van der Waals surface area (Å²) >= 11 is 0. The summed E-state index contributed by atoms with van der Waals surface area (Å²) in [5, 5.41) is 10.7. The first-order valence-electron chi connectivity index (χ1n) is 6.56. The van der Waals surface area contributed by atoms with Gasteiger partial charge in [-0.3, -0.25) is 4.98 Å². The lowest BCUT2D eigenvalue weighted by Crippen LogP contribution is -2.36. The topological polar surface area (TPSA) is 71.9 Å². The average Bonchev–Trinajstić information content (AvgIpc) is 2.70. The molecule has 1 aromatic rings. The molecule has 110 valence electrons. The zero-order valence-corrected chi connectivity index (χ0v) is 12.2. The lowest BCUT2D eigenvalue weighted by atomic mass is 10.1. The number of rotatable bonds is 1. The Morgan fingerprint density at radius 1 is 1.50 bits per heavy atom. The lowest BCUT2D eigenvalue weighted by Gasteiger charge is -2.26. The van der Waals surface area contributed by atoms with Crippen LogP contribution < -0.4 is 0 Å². The molecule has 1 unspecified atom stereocenters. The molecule has 6 heteroatoms. The zero-order valence-electron chi connectivity index (χ0n) is 12.2. The minimum absolute atomic E-state index is 0.296. The van der Waals surface area contributed by atoms with Crippen molar-refractivity contribution >= 4 is 6.09 Å². The molecule has 1 aromatic heterocycles. The fourth-order valence-electron chi connectivity index (χ4n) is 1.96. The number of pyridine rings is 1. The largest absolute Gasteiger partial charge is 0.442 e. The van der Waals surface area contributed by atoms with Gasteiger partial charge in [0.2, 0.25) is 0 Å². The number of aliphatic hydroxyl groups is 1. The quantitative estimate of drug-likeness (QED) is 0.854. The van der Waals surface area contributed by atoms with Crippen LogP contribution >= 0.6 is 0 Å². The second-order valence-corrected chi connectivity index (χ2v) is 5.85. The molecule has 0 bridgehead atoms. The normalized spacial score (nSPS) is 22.9. The highest BCUT2D eigenvalue weighted by Gasteiger charge is 2.39. The summed E-state index contributed by atoms with van der Waals surface area (Å²) in [6.45, 7) is 7.22. The molecule has 1 fully saturated rings. The predicted molar refractivity (Wildman–Crippen MR) is 71.5 cm³/mol. The van der Waals surface area contributed by atoms with Gasteiger partial charge in [0.05, 0.1) is 6.04 Å². The van der Waals surface area contributed by atoms with Crippen LogP contribution in [-0.2, 0) is 9.57 Å². The van der Waals surface area contributed by atoms with Crippen molar-refractivity contribution < 1.29 is 19.5 Å². The van der Waals surface area contributed by atoms with Crippen LogP contribution in [0.3, 0.4) is 0 Å². The summed E-state index contributed by atoms with van der Waals surface area (Å²) in [6, 6.07) is 3.33. The smallest absolute Gasteiger partial charge is 0.435 e. The van der Waals surface area contributed by atoms with Crippen molar-refractivity contribution in [3.63, 3.8) is 0 Å². The van der Waals surface area contributed by atoms with E-state index in [0.717, 1.165) is 16.3 Å². The fourth-order valence-corrected chi connectivity index (χ4v) is 1.96. The molecule has 2 rings (SSSR count). The molecule has 2 heterocycles. The van der Waals surface area contributed by atoms with E-state index in [1.54, 1.807) is 27.0 Å². The van der Waals surface area contributed by atoms with E-state index in [-0.39, 0.29) is 0 Å². The Bertz CT molecular complexity index is 481. The number of hydroxylamine groups is 2. The molecule has 20 heavy (non-hydrogen) atoms. The van der Waals surface area contributed by atoms with Crippen LogP contribution in [0, 0.1) is 6.92 Å². The third-order valence-corrected chi connectivity index (χ3v) is 2.84. The summed E-state index contributed by atoms with van der Waals surface area (Å²) in [4.78, 5) is 21.5. The number of hydrogen-bond donors (Lipinski definition) is 1. The third-order valence-electron chi connectivity index (χ3n) is 2.84. The van der Waals surface area contributed by atoms with Gasteiger partial charge in [0.1, 0.15) is 5.60 Å². The maximum absolute atomic E-state index is 12.1. The van der Waals surface area contributed by atoms with Gasteiger partial charge in [0.15, 0.2) is 6.29 Å². The molecule has 1 aliphatic heterocycles. The Morgan fingerprint density at radius 2 is 2.20 bits per heavy atom.